The molecule has 1 heterocycles. The maximum absolute atomic E-state index is 13.5. The van der Waals surface area contributed by atoms with Crippen molar-refractivity contribution in [1.29, 1.82) is 0 Å². The largest absolute Gasteiger partial charge is 0.495 e. The molecule has 0 radical (unpaired) electrons. The Hall–Kier alpha value is -2.62. The summed E-state index contributed by atoms with van der Waals surface area (Å²) in [5.41, 5.74) is 0.961. The topological polar surface area (TPSA) is 93.2 Å². The second-order valence-corrected chi connectivity index (χ2v) is 10.6. The number of sulfonamides is 1. The normalized spacial score (nSPS) is 14.7. The van der Waals surface area contributed by atoms with Gasteiger partial charge in [0.05, 0.1) is 36.1 Å². The molecule has 0 unspecified atom stereocenters. The SMILES string of the molecule is CCOC(=O)C1CCN(C(=O)CN(CCc2ccccc2)S(=O)(=O)c2ccc(OC)c(Cl)c2)CC1. The fourth-order valence-corrected chi connectivity index (χ4v) is 5.75. The third kappa shape index (κ3) is 6.96. The molecular formula is C25H31ClN2O6S. The Bertz CT molecular complexity index is 1120. The average Bonchev–Trinajstić information content (AvgIpc) is 2.87. The highest BCUT2D eigenvalue weighted by Crippen LogP contribution is 2.29. The zero-order valence-electron chi connectivity index (χ0n) is 20.0. The summed E-state index contributed by atoms with van der Waals surface area (Å²) in [5, 5.41) is 0.170. The lowest BCUT2D eigenvalue weighted by Crippen LogP contribution is -2.47. The van der Waals surface area contributed by atoms with Gasteiger partial charge < -0.3 is 14.4 Å². The lowest BCUT2D eigenvalue weighted by Gasteiger charge is -2.32. The standard InChI is InChI=1S/C25H31ClN2O6S/c1-3-34-25(30)20-12-14-27(15-13-20)24(29)18-28(16-11-19-7-5-4-6-8-19)35(31,32)21-9-10-23(33-2)22(26)17-21/h4-10,17,20H,3,11-16,18H2,1-2H3. The van der Waals surface area contributed by atoms with Crippen LogP contribution in [0.3, 0.4) is 0 Å². The first-order chi connectivity index (χ1) is 16.8. The van der Waals surface area contributed by atoms with Crippen molar-refractivity contribution in [3.63, 3.8) is 0 Å². The Morgan fingerprint density at radius 3 is 2.40 bits per heavy atom. The first-order valence-corrected chi connectivity index (χ1v) is 13.4. The van der Waals surface area contributed by atoms with Crippen LogP contribution in [0.1, 0.15) is 25.3 Å². The summed E-state index contributed by atoms with van der Waals surface area (Å²) < 4.78 is 38.5. The molecule has 10 heteroatoms. The van der Waals surface area contributed by atoms with Crippen molar-refractivity contribution in [1.82, 2.24) is 9.21 Å². The van der Waals surface area contributed by atoms with Gasteiger partial charge in [-0.25, -0.2) is 8.42 Å². The van der Waals surface area contributed by atoms with Crippen molar-refractivity contribution in [2.75, 3.05) is 39.9 Å². The van der Waals surface area contributed by atoms with Gasteiger partial charge in [-0.15, -0.1) is 0 Å². The molecule has 3 rings (SSSR count). The van der Waals surface area contributed by atoms with E-state index >= 15 is 0 Å². The minimum Gasteiger partial charge on any atom is -0.495 e. The molecule has 0 aliphatic carbocycles. The molecule has 1 saturated heterocycles. The number of benzene rings is 2. The summed E-state index contributed by atoms with van der Waals surface area (Å²) in [6.07, 6.45) is 1.44. The Balaban J connectivity index is 1.76. The molecule has 35 heavy (non-hydrogen) atoms. The smallest absolute Gasteiger partial charge is 0.309 e. The van der Waals surface area contributed by atoms with E-state index in [2.05, 4.69) is 0 Å². The molecular weight excluding hydrogens is 492 g/mol. The molecule has 0 aromatic heterocycles. The molecule has 0 spiro atoms. The molecule has 190 valence electrons. The van der Waals surface area contributed by atoms with Gasteiger partial charge in [0.25, 0.3) is 0 Å². The van der Waals surface area contributed by atoms with Crippen molar-refractivity contribution in [2.24, 2.45) is 5.92 Å². The first kappa shape index (κ1) is 27.0. The van der Waals surface area contributed by atoms with Crippen LogP contribution in [0.2, 0.25) is 5.02 Å². The maximum Gasteiger partial charge on any atom is 0.309 e. The van der Waals surface area contributed by atoms with Crippen molar-refractivity contribution in [3.05, 3.63) is 59.1 Å². The number of amides is 1. The highest BCUT2D eigenvalue weighted by molar-refractivity contribution is 7.89. The van der Waals surface area contributed by atoms with Crippen LogP contribution in [0.25, 0.3) is 0 Å². The number of methoxy groups -OCH3 is 1. The zero-order chi connectivity index (χ0) is 25.4. The van der Waals surface area contributed by atoms with Crippen LogP contribution < -0.4 is 4.74 Å². The van der Waals surface area contributed by atoms with Crippen molar-refractivity contribution >= 4 is 33.5 Å². The monoisotopic (exact) mass is 522 g/mol. The molecule has 1 amide bonds. The molecule has 8 nitrogen and oxygen atoms in total. The number of ether oxygens (including phenoxy) is 2. The summed E-state index contributed by atoms with van der Waals surface area (Å²) in [4.78, 5) is 26.7. The summed E-state index contributed by atoms with van der Waals surface area (Å²) in [5.74, 6) is -0.424. The van der Waals surface area contributed by atoms with E-state index in [1.165, 1.54) is 29.6 Å². The second-order valence-electron chi connectivity index (χ2n) is 8.28. The van der Waals surface area contributed by atoms with E-state index in [1.807, 2.05) is 30.3 Å². The van der Waals surface area contributed by atoms with E-state index in [9.17, 15) is 18.0 Å². The maximum atomic E-state index is 13.5. The van der Waals surface area contributed by atoms with E-state index in [0.717, 1.165) is 5.56 Å². The van der Waals surface area contributed by atoms with Gasteiger partial charge in [-0.2, -0.15) is 4.31 Å². The Morgan fingerprint density at radius 1 is 1.11 bits per heavy atom. The number of hydrogen-bond donors (Lipinski definition) is 0. The number of esters is 1. The van der Waals surface area contributed by atoms with Crippen molar-refractivity contribution in [2.45, 2.75) is 31.1 Å². The number of carbonyl (C=O) groups is 2. The summed E-state index contributed by atoms with van der Waals surface area (Å²) in [6.45, 7) is 2.66. The van der Waals surface area contributed by atoms with E-state index < -0.39 is 10.0 Å². The lowest BCUT2D eigenvalue weighted by atomic mass is 9.97. The van der Waals surface area contributed by atoms with Crippen LogP contribution in [-0.4, -0.2) is 69.4 Å². The summed E-state index contributed by atoms with van der Waals surface area (Å²) in [7, 11) is -2.56. The minimum absolute atomic E-state index is 0.00909. The summed E-state index contributed by atoms with van der Waals surface area (Å²) in [6, 6.07) is 13.7. The first-order valence-electron chi connectivity index (χ1n) is 11.6. The van der Waals surface area contributed by atoms with Crippen LogP contribution in [-0.2, 0) is 30.8 Å². The Morgan fingerprint density at radius 2 is 1.80 bits per heavy atom. The number of likely N-dealkylation sites (tertiary alicyclic amines) is 1. The van der Waals surface area contributed by atoms with Gasteiger partial charge in [-0.1, -0.05) is 41.9 Å². The van der Waals surface area contributed by atoms with Crippen LogP contribution in [0.15, 0.2) is 53.4 Å². The average molecular weight is 523 g/mol. The van der Waals surface area contributed by atoms with Gasteiger partial charge >= 0.3 is 5.97 Å². The predicted octanol–water partition coefficient (Wildman–Crippen LogP) is 3.38. The zero-order valence-corrected chi connectivity index (χ0v) is 21.6. The highest BCUT2D eigenvalue weighted by Gasteiger charge is 2.32. The van der Waals surface area contributed by atoms with Crippen LogP contribution in [0, 0.1) is 5.92 Å². The lowest BCUT2D eigenvalue weighted by molar-refractivity contribution is -0.151. The van der Waals surface area contributed by atoms with Gasteiger partial charge in [0.1, 0.15) is 5.75 Å². The molecule has 1 aliphatic rings. The number of nitrogens with zero attached hydrogens (tertiary/aromatic N) is 2. The van der Waals surface area contributed by atoms with Gasteiger partial charge in [0.15, 0.2) is 0 Å². The van der Waals surface area contributed by atoms with Crippen LogP contribution >= 0.6 is 11.6 Å². The van der Waals surface area contributed by atoms with E-state index in [-0.39, 0.29) is 40.8 Å². The third-order valence-corrected chi connectivity index (χ3v) is 8.17. The molecule has 0 bridgehead atoms. The fraction of sp³-hybridized carbons (Fsp3) is 0.440. The summed E-state index contributed by atoms with van der Waals surface area (Å²) >= 11 is 6.18. The van der Waals surface area contributed by atoms with Crippen LogP contribution in [0.4, 0.5) is 0 Å². The van der Waals surface area contributed by atoms with Gasteiger partial charge in [0.2, 0.25) is 15.9 Å². The Labute approximate surface area is 211 Å². The number of hydrogen-bond acceptors (Lipinski definition) is 6. The molecule has 0 saturated carbocycles. The molecule has 0 atom stereocenters. The molecule has 2 aromatic rings. The molecule has 1 aliphatic heterocycles. The molecule has 0 N–H and O–H groups in total. The minimum atomic E-state index is -4.01. The van der Waals surface area contributed by atoms with E-state index in [0.29, 0.717) is 44.7 Å². The van der Waals surface area contributed by atoms with Crippen molar-refractivity contribution < 1.29 is 27.5 Å². The third-order valence-electron chi connectivity index (χ3n) is 6.03. The van der Waals surface area contributed by atoms with E-state index in [4.69, 9.17) is 21.1 Å². The number of rotatable bonds is 10. The second kappa shape index (κ2) is 12.4. The van der Waals surface area contributed by atoms with E-state index in [1.54, 1.807) is 11.8 Å². The molecule has 1 fully saturated rings. The van der Waals surface area contributed by atoms with Crippen molar-refractivity contribution in [3.8, 4) is 5.75 Å². The predicted molar refractivity (Wildman–Crippen MR) is 133 cm³/mol. The van der Waals surface area contributed by atoms with Crippen LogP contribution in [0.5, 0.6) is 5.75 Å². The Kier molecular flexibility index (Phi) is 9.54. The van der Waals surface area contributed by atoms with Gasteiger partial charge in [-0.05, 0) is 49.9 Å². The molecule has 2 aromatic carbocycles. The fourth-order valence-electron chi connectivity index (χ4n) is 4.01. The highest BCUT2D eigenvalue weighted by atomic mass is 35.5. The number of carbonyl (C=O) groups excluding carboxylic acids is 2. The van der Waals surface area contributed by atoms with Gasteiger partial charge in [0, 0.05) is 19.6 Å². The quantitative estimate of drug-likeness (QED) is 0.444. The number of piperidine rings is 1. The number of halogens is 1. The van der Waals surface area contributed by atoms with Gasteiger partial charge in [-0.3, -0.25) is 9.59 Å².